The first-order valence-corrected chi connectivity index (χ1v) is 8.22. The molecule has 1 aromatic heterocycles. The van der Waals surface area contributed by atoms with Crippen LogP contribution in [0.2, 0.25) is 0 Å². The van der Waals surface area contributed by atoms with Crippen molar-refractivity contribution in [1.82, 2.24) is 4.90 Å². The van der Waals surface area contributed by atoms with Crippen molar-refractivity contribution in [3.05, 3.63) is 21.9 Å². The lowest BCUT2D eigenvalue weighted by molar-refractivity contribution is 0.0601. The van der Waals surface area contributed by atoms with Gasteiger partial charge >= 0.3 is 0 Å². The zero-order valence-corrected chi connectivity index (χ0v) is 12.8. The average molecular weight is 290 g/mol. The quantitative estimate of drug-likeness (QED) is 0.870. The zero-order valence-electron chi connectivity index (χ0n) is 12.0. The predicted molar refractivity (Wildman–Crippen MR) is 83.8 cm³/mol. The van der Waals surface area contributed by atoms with Gasteiger partial charge in [-0.05, 0) is 31.7 Å². The molecule has 1 fully saturated rings. The lowest BCUT2D eigenvalue weighted by Crippen LogP contribution is -2.43. The van der Waals surface area contributed by atoms with Crippen molar-refractivity contribution < 1.29 is 4.79 Å². The van der Waals surface area contributed by atoms with Gasteiger partial charge in [0.15, 0.2) is 0 Å². The molecule has 0 spiro atoms. The molecule has 2 rings (SSSR count). The predicted octanol–water partition coefficient (Wildman–Crippen LogP) is 2.85. The summed E-state index contributed by atoms with van der Waals surface area (Å²) in [5.41, 5.74) is 6.14. The van der Waals surface area contributed by atoms with Gasteiger partial charge in [-0.1, -0.05) is 25.2 Å². The van der Waals surface area contributed by atoms with Crippen LogP contribution in [-0.2, 0) is 0 Å². The molecule has 20 heavy (non-hydrogen) atoms. The summed E-state index contributed by atoms with van der Waals surface area (Å²) in [6.07, 6.45) is 5.74. The molecule has 1 atom stereocenters. The van der Waals surface area contributed by atoms with Crippen molar-refractivity contribution in [1.29, 1.82) is 0 Å². The van der Waals surface area contributed by atoms with Crippen LogP contribution in [0.5, 0.6) is 0 Å². The molecule has 4 heteroatoms. The Morgan fingerprint density at radius 2 is 2.40 bits per heavy atom. The molecule has 3 nitrogen and oxygen atoms in total. The SMILES string of the molecule is CCCC1CCCCN1C(=O)c1csc(C#CCN)c1. The van der Waals surface area contributed by atoms with E-state index in [1.807, 2.05) is 11.4 Å². The van der Waals surface area contributed by atoms with E-state index < -0.39 is 0 Å². The molecule has 108 valence electrons. The Bertz CT molecular complexity index is 510. The minimum atomic E-state index is 0.167. The van der Waals surface area contributed by atoms with Gasteiger partial charge in [-0.25, -0.2) is 0 Å². The van der Waals surface area contributed by atoms with Crippen LogP contribution in [0.25, 0.3) is 0 Å². The normalized spacial score (nSPS) is 18.5. The van der Waals surface area contributed by atoms with Gasteiger partial charge in [0, 0.05) is 18.0 Å². The molecule has 1 amide bonds. The van der Waals surface area contributed by atoms with Crippen molar-refractivity contribution >= 4 is 17.2 Å². The highest BCUT2D eigenvalue weighted by Crippen LogP contribution is 2.24. The molecule has 2 N–H and O–H groups in total. The monoisotopic (exact) mass is 290 g/mol. The van der Waals surface area contributed by atoms with E-state index in [2.05, 4.69) is 23.7 Å². The van der Waals surface area contributed by atoms with Gasteiger partial charge in [-0.2, -0.15) is 0 Å². The summed E-state index contributed by atoms with van der Waals surface area (Å²) in [5.74, 6) is 5.99. The Kier molecular flexibility index (Phi) is 5.63. The molecule has 0 saturated carbocycles. The van der Waals surface area contributed by atoms with Crippen LogP contribution in [0.1, 0.15) is 54.3 Å². The first kappa shape index (κ1) is 15.1. The second kappa shape index (κ2) is 7.47. The van der Waals surface area contributed by atoms with E-state index in [0.29, 0.717) is 12.6 Å². The highest BCUT2D eigenvalue weighted by atomic mass is 32.1. The van der Waals surface area contributed by atoms with Gasteiger partial charge < -0.3 is 10.6 Å². The largest absolute Gasteiger partial charge is 0.336 e. The molecule has 2 heterocycles. The second-order valence-corrected chi connectivity index (χ2v) is 6.05. The summed E-state index contributed by atoms with van der Waals surface area (Å²) in [6.45, 7) is 3.43. The Hall–Kier alpha value is -1.31. The van der Waals surface area contributed by atoms with E-state index in [1.165, 1.54) is 17.8 Å². The zero-order chi connectivity index (χ0) is 14.4. The van der Waals surface area contributed by atoms with Gasteiger partial charge in [-0.3, -0.25) is 4.79 Å². The van der Waals surface area contributed by atoms with Crippen LogP contribution in [0.4, 0.5) is 0 Å². The number of amides is 1. The van der Waals surface area contributed by atoms with Crippen LogP contribution in [-0.4, -0.2) is 29.9 Å². The first-order valence-electron chi connectivity index (χ1n) is 7.34. The van der Waals surface area contributed by atoms with E-state index in [9.17, 15) is 4.79 Å². The lowest BCUT2D eigenvalue weighted by Gasteiger charge is -2.35. The summed E-state index contributed by atoms with van der Waals surface area (Å²) < 4.78 is 0. The second-order valence-electron chi connectivity index (χ2n) is 5.14. The number of rotatable bonds is 3. The van der Waals surface area contributed by atoms with Crippen LogP contribution in [0.15, 0.2) is 11.4 Å². The number of carbonyl (C=O) groups is 1. The van der Waals surface area contributed by atoms with Crippen molar-refractivity contribution in [2.45, 2.75) is 45.1 Å². The average Bonchev–Trinajstić information content (AvgIpc) is 2.94. The molecule has 0 aliphatic carbocycles. The van der Waals surface area contributed by atoms with E-state index in [-0.39, 0.29) is 5.91 Å². The Labute approximate surface area is 125 Å². The molecule has 1 saturated heterocycles. The van der Waals surface area contributed by atoms with Gasteiger partial charge in [0.2, 0.25) is 0 Å². The minimum Gasteiger partial charge on any atom is -0.336 e. The third-order valence-electron chi connectivity index (χ3n) is 3.67. The van der Waals surface area contributed by atoms with Crippen LogP contribution in [0, 0.1) is 11.8 Å². The smallest absolute Gasteiger partial charge is 0.254 e. The van der Waals surface area contributed by atoms with Crippen molar-refractivity contribution in [2.24, 2.45) is 5.73 Å². The van der Waals surface area contributed by atoms with Crippen molar-refractivity contribution in [3.8, 4) is 11.8 Å². The summed E-state index contributed by atoms with van der Waals surface area (Å²) >= 11 is 1.52. The van der Waals surface area contributed by atoms with Crippen molar-refractivity contribution in [2.75, 3.05) is 13.1 Å². The fraction of sp³-hybridized carbons (Fsp3) is 0.562. The fourth-order valence-electron chi connectivity index (χ4n) is 2.72. The van der Waals surface area contributed by atoms with E-state index in [1.54, 1.807) is 0 Å². The number of thiophene rings is 1. The molecular formula is C16H22N2OS. The van der Waals surface area contributed by atoms with Gasteiger partial charge in [0.1, 0.15) is 0 Å². The van der Waals surface area contributed by atoms with Crippen LogP contribution in [0.3, 0.4) is 0 Å². The molecule has 1 aliphatic heterocycles. The molecule has 0 radical (unpaired) electrons. The number of likely N-dealkylation sites (tertiary alicyclic amines) is 1. The topological polar surface area (TPSA) is 46.3 Å². The maximum atomic E-state index is 12.6. The Balaban J connectivity index is 2.10. The van der Waals surface area contributed by atoms with Crippen LogP contribution < -0.4 is 5.73 Å². The third-order valence-corrected chi connectivity index (χ3v) is 4.52. The molecular weight excluding hydrogens is 268 g/mol. The summed E-state index contributed by atoms with van der Waals surface area (Å²) in [4.78, 5) is 15.6. The summed E-state index contributed by atoms with van der Waals surface area (Å²) in [6, 6.07) is 2.31. The first-order chi connectivity index (χ1) is 9.76. The van der Waals surface area contributed by atoms with E-state index in [4.69, 9.17) is 5.73 Å². The van der Waals surface area contributed by atoms with Crippen LogP contribution >= 0.6 is 11.3 Å². The number of hydrogen-bond acceptors (Lipinski definition) is 3. The van der Waals surface area contributed by atoms with Gasteiger partial charge in [0.25, 0.3) is 5.91 Å². The number of nitrogens with zero attached hydrogens (tertiary/aromatic N) is 1. The number of carbonyl (C=O) groups excluding carboxylic acids is 1. The molecule has 0 bridgehead atoms. The molecule has 1 unspecified atom stereocenters. The highest BCUT2D eigenvalue weighted by molar-refractivity contribution is 7.10. The maximum absolute atomic E-state index is 12.6. The number of nitrogens with two attached hydrogens (primary N) is 1. The Morgan fingerprint density at radius 1 is 1.55 bits per heavy atom. The summed E-state index contributed by atoms with van der Waals surface area (Å²) in [5, 5.41) is 1.92. The third kappa shape index (κ3) is 3.62. The minimum absolute atomic E-state index is 0.167. The molecule has 1 aromatic rings. The standard InChI is InChI=1S/C16H22N2OS/c1-2-6-14-7-3-4-10-18(14)16(19)13-11-15(20-12-13)8-5-9-17/h11-12,14H,2-4,6-7,9-10,17H2,1H3. The number of piperidine rings is 1. The lowest BCUT2D eigenvalue weighted by atomic mass is 9.97. The number of hydrogen-bond donors (Lipinski definition) is 1. The fourth-order valence-corrected chi connectivity index (χ4v) is 3.47. The highest BCUT2D eigenvalue weighted by Gasteiger charge is 2.27. The van der Waals surface area contributed by atoms with Gasteiger partial charge in [-0.15, -0.1) is 11.3 Å². The van der Waals surface area contributed by atoms with E-state index >= 15 is 0 Å². The summed E-state index contributed by atoms with van der Waals surface area (Å²) in [7, 11) is 0. The molecule has 0 aromatic carbocycles. The van der Waals surface area contributed by atoms with E-state index in [0.717, 1.165) is 42.7 Å². The Morgan fingerprint density at radius 3 is 3.15 bits per heavy atom. The maximum Gasteiger partial charge on any atom is 0.254 e. The van der Waals surface area contributed by atoms with Crippen molar-refractivity contribution in [3.63, 3.8) is 0 Å². The molecule has 1 aliphatic rings. The van der Waals surface area contributed by atoms with Gasteiger partial charge in [0.05, 0.1) is 17.0 Å².